The van der Waals surface area contributed by atoms with E-state index in [2.05, 4.69) is 15.2 Å². The molecule has 0 saturated heterocycles. The quantitative estimate of drug-likeness (QED) is 0.770. The van der Waals surface area contributed by atoms with Crippen LogP contribution in [0.2, 0.25) is 0 Å². The number of aryl methyl sites for hydroxylation is 1. The molecule has 0 atom stereocenters. The van der Waals surface area contributed by atoms with Crippen molar-refractivity contribution in [2.45, 2.75) is 33.0 Å². The molecule has 0 saturated carbocycles. The molecule has 0 aliphatic carbocycles. The zero-order valence-corrected chi connectivity index (χ0v) is 17.4. The van der Waals surface area contributed by atoms with Crippen molar-refractivity contribution < 1.29 is 13.9 Å². The molecule has 0 radical (unpaired) electrons. The van der Waals surface area contributed by atoms with E-state index in [0.717, 1.165) is 29.8 Å². The van der Waals surface area contributed by atoms with E-state index >= 15 is 0 Å². The highest BCUT2D eigenvalue weighted by molar-refractivity contribution is 7.99. The third-order valence-electron chi connectivity index (χ3n) is 5.06. The van der Waals surface area contributed by atoms with Gasteiger partial charge in [-0.15, -0.1) is 0 Å². The summed E-state index contributed by atoms with van der Waals surface area (Å²) in [4.78, 5) is 18.6. The largest absolute Gasteiger partial charge is 0.497 e. The Bertz CT molecular complexity index is 860. The summed E-state index contributed by atoms with van der Waals surface area (Å²) in [6, 6.07) is 4.84. The third kappa shape index (κ3) is 4.83. The first-order chi connectivity index (χ1) is 13.5. The van der Waals surface area contributed by atoms with Crippen LogP contribution in [0.4, 0.5) is 4.39 Å². The Kier molecular flexibility index (Phi) is 6.91. The van der Waals surface area contributed by atoms with Gasteiger partial charge in [-0.05, 0) is 54.5 Å². The van der Waals surface area contributed by atoms with Crippen LogP contribution >= 0.6 is 11.8 Å². The molecule has 2 aromatic rings. The summed E-state index contributed by atoms with van der Waals surface area (Å²) in [7, 11) is 1.58. The van der Waals surface area contributed by atoms with Crippen molar-refractivity contribution in [1.82, 2.24) is 15.2 Å². The summed E-state index contributed by atoms with van der Waals surface area (Å²) in [6.45, 7) is 4.56. The zero-order valence-electron chi connectivity index (χ0n) is 16.5. The number of methoxy groups -OCH3 is 1. The first-order valence-electron chi connectivity index (χ1n) is 9.28. The molecule has 5 nitrogen and oxygen atoms in total. The van der Waals surface area contributed by atoms with Crippen molar-refractivity contribution in [2.75, 3.05) is 25.7 Å². The first-order valence-corrected chi connectivity index (χ1v) is 10.7. The number of halogens is 1. The van der Waals surface area contributed by atoms with E-state index in [0.29, 0.717) is 36.7 Å². The van der Waals surface area contributed by atoms with E-state index in [1.807, 2.05) is 19.4 Å². The van der Waals surface area contributed by atoms with Gasteiger partial charge in [0.05, 0.1) is 12.9 Å². The van der Waals surface area contributed by atoms with E-state index < -0.39 is 0 Å². The monoisotopic (exact) mass is 403 g/mol. The average Bonchev–Trinajstić information content (AvgIpc) is 2.69. The number of benzene rings is 1. The van der Waals surface area contributed by atoms with Gasteiger partial charge in [0.25, 0.3) is 0 Å². The summed E-state index contributed by atoms with van der Waals surface area (Å²) >= 11 is 1.51. The third-order valence-corrected chi connectivity index (χ3v) is 5.61. The topological polar surface area (TPSA) is 54.5 Å². The smallest absolute Gasteiger partial charge is 0.230 e. The molecular weight excluding hydrogens is 377 g/mol. The SMILES string of the molecule is COc1ccc(F)c(CN2CCc3c(cnc(C)c3CNC(=O)CSC)C2)c1. The molecule has 2 heterocycles. The Morgan fingerprint density at radius 1 is 1.43 bits per heavy atom. The second kappa shape index (κ2) is 9.39. The number of aromatic nitrogens is 1. The highest BCUT2D eigenvalue weighted by atomic mass is 32.2. The number of hydrogen-bond acceptors (Lipinski definition) is 5. The molecule has 7 heteroatoms. The van der Waals surface area contributed by atoms with Gasteiger partial charge in [-0.25, -0.2) is 4.39 Å². The van der Waals surface area contributed by atoms with Crippen molar-refractivity contribution in [3.05, 3.63) is 58.2 Å². The highest BCUT2D eigenvalue weighted by Crippen LogP contribution is 2.26. The molecule has 0 bridgehead atoms. The lowest BCUT2D eigenvalue weighted by Crippen LogP contribution is -2.33. The fourth-order valence-electron chi connectivity index (χ4n) is 3.56. The number of hydrogen-bond donors (Lipinski definition) is 1. The molecule has 1 aliphatic rings. The minimum absolute atomic E-state index is 0.0374. The maximum Gasteiger partial charge on any atom is 0.230 e. The molecule has 150 valence electrons. The van der Waals surface area contributed by atoms with E-state index in [4.69, 9.17) is 4.74 Å². The number of carbonyl (C=O) groups excluding carboxylic acids is 1. The second-order valence-electron chi connectivity index (χ2n) is 6.95. The van der Waals surface area contributed by atoms with Gasteiger partial charge in [0.15, 0.2) is 0 Å². The van der Waals surface area contributed by atoms with E-state index in [1.54, 1.807) is 19.2 Å². The van der Waals surface area contributed by atoms with Crippen LogP contribution in [0.1, 0.15) is 27.9 Å². The van der Waals surface area contributed by atoms with Crippen LogP contribution in [0.15, 0.2) is 24.4 Å². The summed E-state index contributed by atoms with van der Waals surface area (Å²) in [5.74, 6) is 0.942. The predicted octanol–water partition coefficient (Wildman–Crippen LogP) is 3.08. The van der Waals surface area contributed by atoms with Crippen LogP contribution < -0.4 is 10.1 Å². The number of carbonyl (C=O) groups is 1. The Morgan fingerprint density at radius 2 is 2.25 bits per heavy atom. The highest BCUT2D eigenvalue weighted by Gasteiger charge is 2.22. The number of amides is 1. The summed E-state index contributed by atoms with van der Waals surface area (Å²) in [5, 5.41) is 2.99. The normalized spacial score (nSPS) is 13.9. The number of nitrogens with zero attached hydrogens (tertiary/aromatic N) is 2. The second-order valence-corrected chi connectivity index (χ2v) is 7.82. The Morgan fingerprint density at radius 3 is 3.00 bits per heavy atom. The predicted molar refractivity (Wildman–Crippen MR) is 110 cm³/mol. The van der Waals surface area contributed by atoms with Gasteiger partial charge in [-0.2, -0.15) is 11.8 Å². The van der Waals surface area contributed by atoms with Crippen LogP contribution in [0.25, 0.3) is 0 Å². The molecule has 1 aliphatic heterocycles. The Hall–Kier alpha value is -2.12. The lowest BCUT2D eigenvalue weighted by Gasteiger charge is -2.30. The molecule has 1 N–H and O–H groups in total. The summed E-state index contributed by atoms with van der Waals surface area (Å²) in [5.41, 5.74) is 5.11. The van der Waals surface area contributed by atoms with Crippen molar-refractivity contribution in [2.24, 2.45) is 0 Å². The molecule has 0 fully saturated rings. The maximum absolute atomic E-state index is 14.2. The van der Waals surface area contributed by atoms with Gasteiger partial charge in [0, 0.05) is 43.6 Å². The van der Waals surface area contributed by atoms with Crippen LogP contribution in [-0.4, -0.2) is 41.5 Å². The zero-order chi connectivity index (χ0) is 20.1. The lowest BCUT2D eigenvalue weighted by atomic mass is 9.94. The minimum Gasteiger partial charge on any atom is -0.497 e. The number of pyridine rings is 1. The first kappa shape index (κ1) is 20.6. The summed E-state index contributed by atoms with van der Waals surface area (Å²) in [6.07, 6.45) is 4.68. The van der Waals surface area contributed by atoms with E-state index in [-0.39, 0.29) is 11.7 Å². The van der Waals surface area contributed by atoms with Gasteiger partial charge in [-0.1, -0.05) is 0 Å². The standard InChI is InChI=1S/C21H26FN3O2S/c1-14-19(10-24-21(26)13-28-3)18-6-7-25(12-16(18)9-23-14)11-15-8-17(27-2)4-5-20(15)22/h4-5,8-9H,6-7,10-13H2,1-3H3,(H,24,26). The van der Waals surface area contributed by atoms with Crippen LogP contribution in [0, 0.1) is 12.7 Å². The lowest BCUT2D eigenvalue weighted by molar-refractivity contribution is -0.118. The number of fused-ring (bicyclic) bond motifs is 1. The van der Waals surface area contributed by atoms with Crippen molar-refractivity contribution in [1.29, 1.82) is 0 Å². The number of rotatable bonds is 7. The van der Waals surface area contributed by atoms with Gasteiger partial charge >= 0.3 is 0 Å². The number of ether oxygens (including phenoxy) is 1. The molecule has 3 rings (SSSR count). The van der Waals surface area contributed by atoms with Crippen LogP contribution in [0.5, 0.6) is 5.75 Å². The van der Waals surface area contributed by atoms with E-state index in [9.17, 15) is 9.18 Å². The van der Waals surface area contributed by atoms with Crippen molar-refractivity contribution in [3.8, 4) is 5.75 Å². The average molecular weight is 404 g/mol. The fraction of sp³-hybridized carbons (Fsp3) is 0.429. The minimum atomic E-state index is -0.217. The van der Waals surface area contributed by atoms with Crippen molar-refractivity contribution >= 4 is 17.7 Å². The van der Waals surface area contributed by atoms with Crippen LogP contribution in [0.3, 0.4) is 0 Å². The molecular formula is C21H26FN3O2S. The maximum atomic E-state index is 14.2. The molecule has 1 aromatic heterocycles. The van der Waals surface area contributed by atoms with Gasteiger partial charge in [0.2, 0.25) is 5.91 Å². The molecule has 28 heavy (non-hydrogen) atoms. The number of thioether (sulfide) groups is 1. The molecule has 1 amide bonds. The van der Waals surface area contributed by atoms with Gasteiger partial charge in [-0.3, -0.25) is 14.7 Å². The van der Waals surface area contributed by atoms with Gasteiger partial charge < -0.3 is 10.1 Å². The Labute approximate surface area is 169 Å². The summed E-state index contributed by atoms with van der Waals surface area (Å²) < 4.78 is 19.4. The molecule has 1 aromatic carbocycles. The molecule has 0 unspecified atom stereocenters. The number of nitrogens with one attached hydrogen (secondary N) is 1. The van der Waals surface area contributed by atoms with Crippen molar-refractivity contribution in [3.63, 3.8) is 0 Å². The Balaban J connectivity index is 1.73. The van der Waals surface area contributed by atoms with E-state index in [1.165, 1.54) is 23.4 Å². The van der Waals surface area contributed by atoms with Gasteiger partial charge in [0.1, 0.15) is 11.6 Å². The molecule has 0 spiro atoms. The van der Waals surface area contributed by atoms with Crippen LogP contribution in [-0.2, 0) is 30.8 Å². The fourth-order valence-corrected chi connectivity index (χ4v) is 3.92.